The molecule has 0 saturated heterocycles. The number of hydrogen-bond donors (Lipinski definition) is 0. The topological polar surface area (TPSA) is 0 Å². The van der Waals surface area contributed by atoms with Crippen LogP contribution in [0, 0.1) is 0 Å². The molecule has 1 aliphatic rings. The van der Waals surface area contributed by atoms with Crippen LogP contribution in [0.2, 0.25) is 0 Å². The van der Waals surface area contributed by atoms with Gasteiger partial charge in [-0.3, -0.25) is 0 Å². The van der Waals surface area contributed by atoms with Gasteiger partial charge in [0.25, 0.3) is 0 Å². The molecule has 1 aliphatic heterocycles. The Morgan fingerprint density at radius 3 is 1.57 bits per heavy atom. The van der Waals surface area contributed by atoms with Crippen molar-refractivity contribution in [2.75, 3.05) is 6.16 Å². The molecule has 0 aromatic heterocycles. The van der Waals surface area contributed by atoms with Crippen molar-refractivity contribution in [2.24, 2.45) is 0 Å². The van der Waals surface area contributed by atoms with E-state index in [0.717, 1.165) is 0 Å². The molecular weight excluding hydrogens is 271 g/mol. The Labute approximate surface area is 136 Å². The van der Waals surface area contributed by atoms with Crippen molar-refractivity contribution in [1.82, 2.24) is 0 Å². The Bertz CT molecular complexity index is 244. The average molecular weight is 311 g/mol. The van der Waals surface area contributed by atoms with Gasteiger partial charge in [-0.15, -0.1) is 8.20 Å². The van der Waals surface area contributed by atoms with Crippen molar-refractivity contribution in [2.45, 2.75) is 116 Å². The molecule has 0 bridgehead atoms. The molecule has 21 heavy (non-hydrogen) atoms. The van der Waals surface area contributed by atoms with Crippen LogP contribution in [-0.4, -0.2) is 11.5 Å². The van der Waals surface area contributed by atoms with Crippen LogP contribution in [-0.2, 0) is 0 Å². The molecule has 0 aromatic carbocycles. The lowest BCUT2D eigenvalue weighted by Gasteiger charge is -2.03. The standard InChI is InChI=1S/C20H39P/c1-2-3-4-5-6-7-8-9-10-11-12-13-14-15-17-20-18-16-19-21-20/h2-19H2,1H3. The van der Waals surface area contributed by atoms with Crippen LogP contribution in [0.25, 0.3) is 0 Å². The third-order valence-electron chi connectivity index (χ3n) is 4.78. The summed E-state index contributed by atoms with van der Waals surface area (Å²) in [5.41, 5.74) is 0. The first kappa shape index (κ1) is 19.2. The van der Waals surface area contributed by atoms with Crippen molar-refractivity contribution in [3.63, 3.8) is 0 Å². The van der Waals surface area contributed by atoms with E-state index in [9.17, 15) is 0 Å². The van der Waals surface area contributed by atoms with Gasteiger partial charge in [-0.2, -0.15) is 0 Å². The van der Waals surface area contributed by atoms with E-state index in [1.807, 2.05) is 5.29 Å². The maximum absolute atomic E-state index is 2.30. The van der Waals surface area contributed by atoms with E-state index in [1.165, 1.54) is 115 Å². The normalized spacial score (nSPS) is 15.4. The summed E-state index contributed by atoms with van der Waals surface area (Å²) in [4.78, 5) is 0. The Morgan fingerprint density at radius 2 is 1.14 bits per heavy atom. The van der Waals surface area contributed by atoms with Crippen molar-refractivity contribution in [3.05, 3.63) is 0 Å². The summed E-state index contributed by atoms with van der Waals surface area (Å²) in [5, 5.41) is 1.86. The summed E-state index contributed by atoms with van der Waals surface area (Å²) in [7, 11) is 1.69. The molecule has 0 atom stereocenters. The SMILES string of the molecule is CCCCCCCCCCCCCCCCC1=PCCC1. The zero-order valence-electron chi connectivity index (χ0n) is 14.7. The monoisotopic (exact) mass is 310 g/mol. The van der Waals surface area contributed by atoms with Crippen LogP contribution in [0.4, 0.5) is 0 Å². The van der Waals surface area contributed by atoms with Gasteiger partial charge in [-0.25, -0.2) is 0 Å². The van der Waals surface area contributed by atoms with Crippen molar-refractivity contribution in [3.8, 4) is 0 Å². The maximum Gasteiger partial charge on any atom is -0.0104 e. The van der Waals surface area contributed by atoms with E-state index in [2.05, 4.69) is 6.92 Å². The number of rotatable bonds is 15. The van der Waals surface area contributed by atoms with E-state index < -0.39 is 0 Å². The molecule has 0 aromatic rings. The van der Waals surface area contributed by atoms with Crippen LogP contribution >= 0.6 is 8.20 Å². The molecule has 0 saturated carbocycles. The summed E-state index contributed by atoms with van der Waals surface area (Å²) in [6, 6.07) is 0. The Hall–Kier alpha value is 0.170. The molecule has 0 nitrogen and oxygen atoms in total. The van der Waals surface area contributed by atoms with E-state index in [-0.39, 0.29) is 0 Å². The third kappa shape index (κ3) is 12.4. The molecule has 0 aliphatic carbocycles. The number of unbranched alkanes of at least 4 members (excludes halogenated alkanes) is 13. The van der Waals surface area contributed by atoms with Crippen LogP contribution in [0.1, 0.15) is 116 Å². The fourth-order valence-electron chi connectivity index (χ4n) is 3.33. The minimum absolute atomic E-state index is 1.37. The molecule has 0 radical (unpaired) electrons. The predicted molar refractivity (Wildman–Crippen MR) is 101 cm³/mol. The fraction of sp³-hybridized carbons (Fsp3) is 0.950. The summed E-state index contributed by atoms with van der Waals surface area (Å²) >= 11 is 0. The molecule has 0 amide bonds. The highest BCUT2D eigenvalue weighted by atomic mass is 31.1. The molecule has 124 valence electrons. The first-order valence-electron chi connectivity index (χ1n) is 9.95. The first-order chi connectivity index (χ1) is 10.4. The lowest BCUT2D eigenvalue weighted by atomic mass is 10.0. The molecule has 1 heteroatoms. The quantitative estimate of drug-likeness (QED) is 0.214. The molecule has 0 fully saturated rings. The van der Waals surface area contributed by atoms with Gasteiger partial charge >= 0.3 is 0 Å². The molecule has 0 unspecified atom stereocenters. The van der Waals surface area contributed by atoms with Crippen LogP contribution < -0.4 is 0 Å². The van der Waals surface area contributed by atoms with Gasteiger partial charge in [0.2, 0.25) is 0 Å². The second-order valence-electron chi connectivity index (χ2n) is 6.90. The summed E-state index contributed by atoms with van der Waals surface area (Å²) in [6.07, 6.45) is 26.4. The summed E-state index contributed by atoms with van der Waals surface area (Å²) in [6.45, 7) is 2.30. The Balaban J connectivity index is 1.67. The van der Waals surface area contributed by atoms with E-state index in [0.29, 0.717) is 0 Å². The zero-order chi connectivity index (χ0) is 15.0. The minimum Gasteiger partial charge on any atom is -0.105 e. The van der Waals surface area contributed by atoms with E-state index in [4.69, 9.17) is 0 Å². The lowest BCUT2D eigenvalue weighted by molar-refractivity contribution is 0.537. The summed E-state index contributed by atoms with van der Waals surface area (Å²) in [5.74, 6) is 0. The van der Waals surface area contributed by atoms with Gasteiger partial charge in [0.05, 0.1) is 0 Å². The minimum atomic E-state index is 1.37. The van der Waals surface area contributed by atoms with Crippen molar-refractivity contribution >= 4 is 13.5 Å². The Morgan fingerprint density at radius 1 is 0.667 bits per heavy atom. The van der Waals surface area contributed by atoms with Crippen LogP contribution in [0.5, 0.6) is 0 Å². The fourth-order valence-corrected chi connectivity index (χ4v) is 4.59. The largest absolute Gasteiger partial charge is 0.105 e. The first-order valence-corrected chi connectivity index (χ1v) is 11.0. The van der Waals surface area contributed by atoms with Crippen molar-refractivity contribution < 1.29 is 0 Å². The molecule has 0 N–H and O–H groups in total. The maximum atomic E-state index is 2.30. The van der Waals surface area contributed by atoms with E-state index in [1.54, 1.807) is 8.20 Å². The smallest absolute Gasteiger partial charge is 0.0104 e. The molecule has 1 heterocycles. The van der Waals surface area contributed by atoms with Crippen LogP contribution in [0.3, 0.4) is 0 Å². The second kappa shape index (κ2) is 15.1. The van der Waals surface area contributed by atoms with Gasteiger partial charge < -0.3 is 0 Å². The zero-order valence-corrected chi connectivity index (χ0v) is 15.6. The van der Waals surface area contributed by atoms with Gasteiger partial charge in [-0.1, -0.05) is 90.4 Å². The summed E-state index contributed by atoms with van der Waals surface area (Å²) < 4.78 is 0. The van der Waals surface area contributed by atoms with Gasteiger partial charge in [-0.05, 0) is 37.1 Å². The van der Waals surface area contributed by atoms with Gasteiger partial charge in [0.15, 0.2) is 0 Å². The van der Waals surface area contributed by atoms with Crippen LogP contribution in [0.15, 0.2) is 0 Å². The molecule has 0 spiro atoms. The third-order valence-corrected chi connectivity index (χ3v) is 6.21. The second-order valence-corrected chi connectivity index (χ2v) is 8.29. The predicted octanol–water partition coefficient (Wildman–Crippen LogP) is 7.77. The lowest BCUT2D eigenvalue weighted by Crippen LogP contribution is -1.90. The molecule has 1 rings (SSSR count). The van der Waals surface area contributed by atoms with Gasteiger partial charge in [0, 0.05) is 0 Å². The van der Waals surface area contributed by atoms with Crippen molar-refractivity contribution in [1.29, 1.82) is 0 Å². The average Bonchev–Trinajstić information content (AvgIpc) is 3.01. The Kier molecular flexibility index (Phi) is 13.8. The number of hydrogen-bond acceptors (Lipinski definition) is 0. The highest BCUT2D eigenvalue weighted by Gasteiger charge is 2.04. The van der Waals surface area contributed by atoms with E-state index >= 15 is 0 Å². The molecular formula is C20H39P. The highest BCUT2D eigenvalue weighted by molar-refractivity contribution is 7.41. The highest BCUT2D eigenvalue weighted by Crippen LogP contribution is 2.21. The van der Waals surface area contributed by atoms with Gasteiger partial charge in [0.1, 0.15) is 0 Å².